The molecule has 0 saturated heterocycles. The molecule has 100 valence electrons. The number of rotatable bonds is 5. The minimum atomic E-state index is -1.17. The van der Waals surface area contributed by atoms with E-state index < -0.39 is 23.9 Å². The molecule has 1 unspecified atom stereocenters. The Kier molecular flexibility index (Phi) is 4.70. The number of carbonyl (C=O) groups excluding carboxylic acids is 3. The third-order valence-corrected chi connectivity index (χ3v) is 2.24. The second kappa shape index (κ2) is 6.04. The standard InChI is InChI=1S/C11H15NO6/c1-4-17-10(14)6-7(11(15)18-5-2)12-9(13)8(6)16-3/h7H,4-5H2,1-3H3,(H,12,13). The predicted octanol–water partition coefficient (Wildman–Crippen LogP) is -0.488. The molecule has 0 saturated carbocycles. The van der Waals surface area contributed by atoms with E-state index in [1.54, 1.807) is 13.8 Å². The summed E-state index contributed by atoms with van der Waals surface area (Å²) >= 11 is 0. The van der Waals surface area contributed by atoms with Gasteiger partial charge in [0, 0.05) is 0 Å². The Morgan fingerprint density at radius 1 is 1.22 bits per heavy atom. The van der Waals surface area contributed by atoms with E-state index in [1.165, 1.54) is 7.11 Å². The molecule has 0 spiro atoms. The highest BCUT2D eigenvalue weighted by atomic mass is 16.5. The number of nitrogens with one attached hydrogen (secondary N) is 1. The smallest absolute Gasteiger partial charge is 0.340 e. The zero-order chi connectivity index (χ0) is 13.7. The Labute approximate surface area is 104 Å². The highest BCUT2D eigenvalue weighted by Gasteiger charge is 2.43. The zero-order valence-corrected chi connectivity index (χ0v) is 10.4. The third-order valence-electron chi connectivity index (χ3n) is 2.24. The fourth-order valence-electron chi connectivity index (χ4n) is 1.55. The van der Waals surface area contributed by atoms with Gasteiger partial charge < -0.3 is 19.5 Å². The molecule has 1 heterocycles. The van der Waals surface area contributed by atoms with E-state index in [0.717, 1.165) is 0 Å². The van der Waals surface area contributed by atoms with Crippen LogP contribution in [0.3, 0.4) is 0 Å². The van der Waals surface area contributed by atoms with Crippen LogP contribution in [-0.4, -0.2) is 44.2 Å². The minimum Gasteiger partial charge on any atom is -0.491 e. The molecule has 1 amide bonds. The first-order chi connectivity index (χ1) is 8.56. The number of carbonyl (C=O) groups is 3. The SMILES string of the molecule is CCOC(=O)C1=C(OC)C(=O)NC1C(=O)OCC. The summed E-state index contributed by atoms with van der Waals surface area (Å²) in [5.74, 6) is -2.35. The molecule has 0 bridgehead atoms. The van der Waals surface area contributed by atoms with Gasteiger partial charge in [-0.2, -0.15) is 0 Å². The lowest BCUT2D eigenvalue weighted by Gasteiger charge is -2.12. The van der Waals surface area contributed by atoms with Gasteiger partial charge in [-0.3, -0.25) is 4.79 Å². The van der Waals surface area contributed by atoms with Crippen LogP contribution in [0.25, 0.3) is 0 Å². The Balaban J connectivity index is 3.06. The van der Waals surface area contributed by atoms with E-state index >= 15 is 0 Å². The van der Waals surface area contributed by atoms with Crippen molar-refractivity contribution in [2.45, 2.75) is 19.9 Å². The maximum Gasteiger partial charge on any atom is 0.340 e. The summed E-state index contributed by atoms with van der Waals surface area (Å²) in [7, 11) is 1.24. The normalized spacial score (nSPS) is 18.4. The van der Waals surface area contributed by atoms with Crippen molar-refractivity contribution in [2.24, 2.45) is 0 Å². The summed E-state index contributed by atoms with van der Waals surface area (Å²) in [6.07, 6.45) is 0. The molecule has 0 radical (unpaired) electrons. The van der Waals surface area contributed by atoms with E-state index in [1.807, 2.05) is 0 Å². The van der Waals surface area contributed by atoms with Crippen LogP contribution in [-0.2, 0) is 28.6 Å². The van der Waals surface area contributed by atoms with Crippen molar-refractivity contribution in [1.82, 2.24) is 5.32 Å². The number of ether oxygens (including phenoxy) is 3. The highest BCUT2D eigenvalue weighted by molar-refractivity contribution is 6.11. The number of methoxy groups -OCH3 is 1. The van der Waals surface area contributed by atoms with E-state index in [0.29, 0.717) is 0 Å². The predicted molar refractivity (Wildman–Crippen MR) is 59.2 cm³/mol. The maximum atomic E-state index is 11.7. The molecule has 1 aliphatic heterocycles. The summed E-state index contributed by atoms with van der Waals surface area (Å²) in [4.78, 5) is 34.9. The number of hydrogen-bond donors (Lipinski definition) is 1. The van der Waals surface area contributed by atoms with Gasteiger partial charge in [0.05, 0.1) is 20.3 Å². The van der Waals surface area contributed by atoms with Gasteiger partial charge in [0.1, 0.15) is 5.57 Å². The van der Waals surface area contributed by atoms with Crippen molar-refractivity contribution in [3.63, 3.8) is 0 Å². The Bertz CT molecular complexity index is 400. The van der Waals surface area contributed by atoms with Crippen LogP contribution in [0, 0.1) is 0 Å². The van der Waals surface area contributed by atoms with Gasteiger partial charge in [0.25, 0.3) is 5.91 Å². The van der Waals surface area contributed by atoms with Crippen LogP contribution < -0.4 is 5.32 Å². The van der Waals surface area contributed by atoms with Crippen molar-refractivity contribution < 1.29 is 28.6 Å². The van der Waals surface area contributed by atoms with Gasteiger partial charge in [-0.05, 0) is 13.8 Å². The van der Waals surface area contributed by atoms with Crippen molar-refractivity contribution in [3.8, 4) is 0 Å². The third kappa shape index (κ3) is 2.61. The van der Waals surface area contributed by atoms with E-state index in [4.69, 9.17) is 14.2 Å². The molecule has 1 aliphatic rings. The fourth-order valence-corrected chi connectivity index (χ4v) is 1.55. The Morgan fingerprint density at radius 2 is 1.83 bits per heavy atom. The lowest BCUT2D eigenvalue weighted by atomic mass is 10.1. The van der Waals surface area contributed by atoms with Gasteiger partial charge in [0.2, 0.25) is 0 Å². The molecule has 0 aromatic rings. The molecule has 1 atom stereocenters. The number of hydrogen-bond acceptors (Lipinski definition) is 6. The van der Waals surface area contributed by atoms with Gasteiger partial charge in [-0.15, -0.1) is 0 Å². The number of esters is 2. The largest absolute Gasteiger partial charge is 0.491 e. The first-order valence-electron chi connectivity index (χ1n) is 5.49. The van der Waals surface area contributed by atoms with Crippen molar-refractivity contribution in [1.29, 1.82) is 0 Å². The molecule has 0 fully saturated rings. The molecule has 7 nitrogen and oxygen atoms in total. The summed E-state index contributed by atoms with van der Waals surface area (Å²) in [6.45, 7) is 3.51. The van der Waals surface area contributed by atoms with Crippen LogP contribution in [0.1, 0.15) is 13.8 Å². The topological polar surface area (TPSA) is 90.9 Å². The first kappa shape index (κ1) is 14.0. The first-order valence-corrected chi connectivity index (χ1v) is 5.49. The van der Waals surface area contributed by atoms with Crippen LogP contribution in [0.2, 0.25) is 0 Å². The average molecular weight is 257 g/mol. The molecule has 0 aliphatic carbocycles. The highest BCUT2D eigenvalue weighted by Crippen LogP contribution is 2.20. The molecular formula is C11H15NO6. The summed E-state index contributed by atoms with van der Waals surface area (Å²) in [5, 5.41) is 2.32. The number of amides is 1. The molecule has 7 heteroatoms. The van der Waals surface area contributed by atoms with Gasteiger partial charge in [-0.25, -0.2) is 9.59 Å². The van der Waals surface area contributed by atoms with Gasteiger partial charge in [-0.1, -0.05) is 0 Å². The van der Waals surface area contributed by atoms with Crippen LogP contribution >= 0.6 is 0 Å². The summed E-state index contributed by atoms with van der Waals surface area (Å²) < 4.78 is 14.4. The molecule has 1 rings (SSSR count). The van der Waals surface area contributed by atoms with Crippen LogP contribution in [0.4, 0.5) is 0 Å². The van der Waals surface area contributed by atoms with Gasteiger partial charge in [0.15, 0.2) is 11.8 Å². The monoisotopic (exact) mass is 257 g/mol. The molecular weight excluding hydrogens is 242 g/mol. The van der Waals surface area contributed by atoms with Crippen LogP contribution in [0.5, 0.6) is 0 Å². The van der Waals surface area contributed by atoms with E-state index in [-0.39, 0.29) is 24.5 Å². The second-order valence-electron chi connectivity index (χ2n) is 3.33. The lowest BCUT2D eigenvalue weighted by Crippen LogP contribution is -2.39. The maximum absolute atomic E-state index is 11.7. The molecule has 1 N–H and O–H groups in total. The van der Waals surface area contributed by atoms with E-state index in [2.05, 4.69) is 5.32 Å². The van der Waals surface area contributed by atoms with Crippen molar-refractivity contribution in [2.75, 3.05) is 20.3 Å². The molecule has 18 heavy (non-hydrogen) atoms. The minimum absolute atomic E-state index is 0.128. The van der Waals surface area contributed by atoms with Crippen molar-refractivity contribution in [3.05, 3.63) is 11.3 Å². The van der Waals surface area contributed by atoms with Crippen molar-refractivity contribution >= 4 is 17.8 Å². The second-order valence-corrected chi connectivity index (χ2v) is 3.33. The lowest BCUT2D eigenvalue weighted by molar-refractivity contribution is -0.148. The molecule has 0 aromatic heterocycles. The van der Waals surface area contributed by atoms with Crippen LogP contribution in [0.15, 0.2) is 11.3 Å². The Hall–Kier alpha value is -2.05. The summed E-state index contributed by atoms with van der Waals surface area (Å²) in [6, 6.07) is -1.17. The quantitative estimate of drug-likeness (QED) is 0.668. The zero-order valence-electron chi connectivity index (χ0n) is 10.4. The Morgan fingerprint density at radius 3 is 2.33 bits per heavy atom. The average Bonchev–Trinajstić information content (AvgIpc) is 2.66. The fraction of sp³-hybridized carbons (Fsp3) is 0.545. The van der Waals surface area contributed by atoms with E-state index in [9.17, 15) is 14.4 Å². The summed E-state index contributed by atoms with van der Waals surface area (Å²) in [5.41, 5.74) is -0.150. The molecule has 0 aromatic carbocycles. The van der Waals surface area contributed by atoms with Gasteiger partial charge >= 0.3 is 11.9 Å².